The van der Waals surface area contributed by atoms with Crippen LogP contribution in [-0.2, 0) is 12.6 Å². The molecule has 0 aliphatic rings. The Hall–Kier alpha value is -4.07. The standard InChI is InChI=1S/C25H20F3N3O2/c26-25(27,28)17-7-9-18(10-8-17)30-23-15-21(20-3-1-2-4-22(20)31-23)24(33)29-14-13-16-5-11-19(32)12-6-16/h1-12,15,32H,13-14H2,(H,29,33)(H,30,31). The highest BCUT2D eigenvalue weighted by Gasteiger charge is 2.29. The van der Waals surface area contributed by atoms with E-state index in [9.17, 15) is 23.1 Å². The molecular formula is C25H20F3N3O2. The number of phenolic OH excluding ortho intramolecular Hbond substituents is 1. The van der Waals surface area contributed by atoms with E-state index >= 15 is 0 Å². The summed E-state index contributed by atoms with van der Waals surface area (Å²) >= 11 is 0. The topological polar surface area (TPSA) is 74.2 Å². The van der Waals surface area contributed by atoms with Crippen molar-refractivity contribution < 1.29 is 23.1 Å². The molecule has 0 spiro atoms. The highest BCUT2D eigenvalue weighted by atomic mass is 19.4. The van der Waals surface area contributed by atoms with Crippen molar-refractivity contribution in [1.29, 1.82) is 0 Å². The molecule has 168 valence electrons. The first-order chi connectivity index (χ1) is 15.8. The average molecular weight is 451 g/mol. The number of anilines is 2. The number of hydrogen-bond acceptors (Lipinski definition) is 4. The van der Waals surface area contributed by atoms with Crippen LogP contribution in [0, 0.1) is 0 Å². The summed E-state index contributed by atoms with van der Waals surface area (Å²) in [7, 11) is 0. The summed E-state index contributed by atoms with van der Waals surface area (Å²) in [5.41, 5.74) is 1.63. The number of rotatable bonds is 6. The molecule has 3 aromatic carbocycles. The maximum absolute atomic E-state index is 12.9. The van der Waals surface area contributed by atoms with Crippen molar-refractivity contribution in [3.05, 3.63) is 95.6 Å². The number of hydrogen-bond donors (Lipinski definition) is 3. The fraction of sp³-hybridized carbons (Fsp3) is 0.120. The highest BCUT2D eigenvalue weighted by molar-refractivity contribution is 6.07. The predicted molar refractivity (Wildman–Crippen MR) is 121 cm³/mol. The van der Waals surface area contributed by atoms with Gasteiger partial charge in [-0.05, 0) is 60.5 Å². The third kappa shape index (κ3) is 5.41. The first kappa shape index (κ1) is 22.1. The minimum absolute atomic E-state index is 0.180. The Morgan fingerprint density at radius 1 is 0.939 bits per heavy atom. The van der Waals surface area contributed by atoms with Gasteiger partial charge < -0.3 is 15.7 Å². The number of carbonyl (C=O) groups is 1. The zero-order valence-electron chi connectivity index (χ0n) is 17.4. The van der Waals surface area contributed by atoms with Gasteiger partial charge in [0.2, 0.25) is 0 Å². The Labute approximate surface area is 187 Å². The molecule has 3 N–H and O–H groups in total. The lowest BCUT2D eigenvalue weighted by Crippen LogP contribution is -2.26. The Balaban J connectivity index is 1.53. The molecule has 0 radical (unpaired) electrons. The van der Waals surface area contributed by atoms with Crippen molar-refractivity contribution in [3.8, 4) is 5.75 Å². The monoisotopic (exact) mass is 451 g/mol. The number of pyridine rings is 1. The van der Waals surface area contributed by atoms with Gasteiger partial charge in [0.1, 0.15) is 11.6 Å². The fourth-order valence-electron chi connectivity index (χ4n) is 3.40. The van der Waals surface area contributed by atoms with E-state index in [1.54, 1.807) is 54.6 Å². The summed E-state index contributed by atoms with van der Waals surface area (Å²) in [5, 5.41) is 15.9. The van der Waals surface area contributed by atoms with Crippen LogP contribution in [0.1, 0.15) is 21.5 Å². The number of nitrogens with zero attached hydrogens (tertiary/aromatic N) is 1. The maximum Gasteiger partial charge on any atom is 0.416 e. The second-order valence-corrected chi connectivity index (χ2v) is 7.44. The lowest BCUT2D eigenvalue weighted by atomic mass is 10.1. The number of benzene rings is 3. The van der Waals surface area contributed by atoms with Gasteiger partial charge in [0.05, 0.1) is 16.6 Å². The van der Waals surface area contributed by atoms with E-state index in [4.69, 9.17) is 0 Å². The second kappa shape index (κ2) is 9.20. The van der Waals surface area contributed by atoms with E-state index in [0.717, 1.165) is 17.7 Å². The van der Waals surface area contributed by atoms with Gasteiger partial charge in [-0.3, -0.25) is 4.79 Å². The first-order valence-electron chi connectivity index (χ1n) is 10.2. The van der Waals surface area contributed by atoms with Crippen molar-refractivity contribution in [2.45, 2.75) is 12.6 Å². The summed E-state index contributed by atoms with van der Waals surface area (Å²) in [6.07, 6.45) is -3.82. The van der Waals surface area contributed by atoms with Crippen LogP contribution in [0.2, 0.25) is 0 Å². The first-order valence-corrected chi connectivity index (χ1v) is 10.2. The van der Waals surface area contributed by atoms with Gasteiger partial charge in [-0.15, -0.1) is 0 Å². The van der Waals surface area contributed by atoms with E-state index in [2.05, 4.69) is 15.6 Å². The van der Waals surface area contributed by atoms with Crippen molar-refractivity contribution in [1.82, 2.24) is 10.3 Å². The van der Waals surface area contributed by atoms with Crippen LogP contribution in [0.5, 0.6) is 5.75 Å². The average Bonchev–Trinajstić information content (AvgIpc) is 2.79. The van der Waals surface area contributed by atoms with Crippen LogP contribution in [0.3, 0.4) is 0 Å². The number of aromatic hydroxyl groups is 1. The largest absolute Gasteiger partial charge is 0.508 e. The highest BCUT2D eigenvalue weighted by Crippen LogP contribution is 2.30. The Kier molecular flexibility index (Phi) is 6.17. The zero-order chi connectivity index (χ0) is 23.4. The van der Waals surface area contributed by atoms with E-state index < -0.39 is 11.7 Å². The van der Waals surface area contributed by atoms with Crippen LogP contribution >= 0.6 is 0 Å². The molecule has 0 aliphatic carbocycles. The molecule has 0 bridgehead atoms. The minimum atomic E-state index is -4.41. The number of aromatic nitrogens is 1. The third-order valence-corrected chi connectivity index (χ3v) is 5.08. The summed E-state index contributed by atoms with van der Waals surface area (Å²) in [6, 6.07) is 20.1. The molecule has 33 heavy (non-hydrogen) atoms. The number of carbonyl (C=O) groups excluding carboxylic acids is 1. The normalized spacial score (nSPS) is 11.4. The van der Waals surface area contributed by atoms with E-state index in [-0.39, 0.29) is 11.7 Å². The number of halogens is 3. The molecule has 1 heterocycles. The second-order valence-electron chi connectivity index (χ2n) is 7.44. The maximum atomic E-state index is 12.9. The number of phenols is 1. The molecule has 1 aromatic heterocycles. The molecule has 4 aromatic rings. The van der Waals surface area contributed by atoms with Gasteiger partial charge in [0, 0.05) is 17.6 Å². The molecule has 0 unspecified atom stereocenters. The Morgan fingerprint density at radius 2 is 1.64 bits per heavy atom. The van der Waals surface area contributed by atoms with Crippen LogP contribution in [0.25, 0.3) is 10.9 Å². The molecule has 0 fully saturated rings. The molecule has 1 amide bonds. The smallest absolute Gasteiger partial charge is 0.416 e. The van der Waals surface area contributed by atoms with Gasteiger partial charge >= 0.3 is 6.18 Å². The van der Waals surface area contributed by atoms with Gasteiger partial charge in [-0.2, -0.15) is 13.2 Å². The van der Waals surface area contributed by atoms with Crippen LogP contribution in [-0.4, -0.2) is 22.5 Å². The van der Waals surface area contributed by atoms with Crippen molar-refractivity contribution in [3.63, 3.8) is 0 Å². The molecule has 0 aliphatic heterocycles. The molecule has 5 nitrogen and oxygen atoms in total. The SMILES string of the molecule is O=C(NCCc1ccc(O)cc1)c1cc(Nc2ccc(C(F)(F)F)cc2)nc2ccccc12. The number of nitrogens with one attached hydrogen (secondary N) is 2. The Bertz CT molecular complexity index is 1270. The van der Waals surface area contributed by atoms with Gasteiger partial charge in [0.15, 0.2) is 0 Å². The third-order valence-electron chi connectivity index (χ3n) is 5.08. The summed E-state index contributed by atoms with van der Waals surface area (Å²) in [5.74, 6) is 0.235. The summed E-state index contributed by atoms with van der Waals surface area (Å²) in [4.78, 5) is 17.4. The lowest BCUT2D eigenvalue weighted by Gasteiger charge is -2.13. The van der Waals surface area contributed by atoms with Crippen molar-refractivity contribution in [2.75, 3.05) is 11.9 Å². The molecule has 0 saturated carbocycles. The van der Waals surface area contributed by atoms with Crippen LogP contribution in [0.15, 0.2) is 78.9 Å². The van der Waals surface area contributed by atoms with Gasteiger partial charge in [-0.25, -0.2) is 4.98 Å². The van der Waals surface area contributed by atoms with E-state index in [0.29, 0.717) is 40.9 Å². The summed E-state index contributed by atoms with van der Waals surface area (Å²) in [6.45, 7) is 0.391. The van der Waals surface area contributed by atoms with Gasteiger partial charge in [-0.1, -0.05) is 30.3 Å². The minimum Gasteiger partial charge on any atom is -0.508 e. The lowest BCUT2D eigenvalue weighted by molar-refractivity contribution is -0.137. The van der Waals surface area contributed by atoms with E-state index in [1.807, 2.05) is 0 Å². The van der Waals surface area contributed by atoms with Gasteiger partial charge in [0.25, 0.3) is 5.91 Å². The molecule has 0 saturated heterocycles. The Morgan fingerprint density at radius 3 is 2.33 bits per heavy atom. The molecule has 0 atom stereocenters. The van der Waals surface area contributed by atoms with Crippen molar-refractivity contribution in [2.24, 2.45) is 0 Å². The predicted octanol–water partition coefficient (Wildman–Crippen LogP) is 5.68. The van der Waals surface area contributed by atoms with Crippen molar-refractivity contribution >= 4 is 28.3 Å². The molecular weight excluding hydrogens is 431 g/mol. The number of para-hydroxylation sites is 1. The molecule has 8 heteroatoms. The van der Waals surface area contributed by atoms with Crippen LogP contribution in [0.4, 0.5) is 24.7 Å². The summed E-state index contributed by atoms with van der Waals surface area (Å²) < 4.78 is 38.4. The quantitative estimate of drug-likeness (QED) is 0.353. The zero-order valence-corrected chi connectivity index (χ0v) is 17.4. The van der Waals surface area contributed by atoms with Crippen LogP contribution < -0.4 is 10.6 Å². The number of fused-ring (bicyclic) bond motifs is 1. The van der Waals surface area contributed by atoms with E-state index in [1.165, 1.54) is 12.1 Å². The molecule has 4 rings (SSSR count). The number of alkyl halides is 3. The number of amides is 1. The fourth-order valence-corrected chi connectivity index (χ4v) is 3.40.